The molecule has 0 N–H and O–H groups in total. The van der Waals surface area contributed by atoms with Gasteiger partial charge >= 0.3 is 0 Å². The van der Waals surface area contributed by atoms with Crippen molar-refractivity contribution >= 4 is 14.4 Å². The Morgan fingerprint density at radius 2 is 1.95 bits per heavy atom. The van der Waals surface area contributed by atoms with Crippen molar-refractivity contribution in [2.45, 2.75) is 19.6 Å². The number of carbonyl (C=O) groups excluding carboxylic acids is 1. The van der Waals surface area contributed by atoms with E-state index >= 15 is 0 Å². The van der Waals surface area contributed by atoms with E-state index in [1.165, 1.54) is 0 Å². The Bertz CT molecular complexity index is 651. The molecule has 1 heterocycles. The van der Waals surface area contributed by atoms with E-state index in [-0.39, 0.29) is 0 Å². The Kier molecular flexibility index (Phi) is 3.73. The maximum absolute atomic E-state index is 10.6. The molecule has 0 fully saturated rings. The first-order chi connectivity index (χ1) is 8.98. The molecule has 0 saturated heterocycles. The maximum atomic E-state index is 10.6. The third-order valence-corrected chi connectivity index (χ3v) is 3.35. The van der Waals surface area contributed by atoms with Crippen LogP contribution in [-0.2, 0) is 0 Å². The van der Waals surface area contributed by atoms with E-state index in [1.807, 2.05) is 24.3 Å². The fourth-order valence-electron chi connectivity index (χ4n) is 1.58. The van der Waals surface area contributed by atoms with Crippen molar-refractivity contribution in [2.24, 2.45) is 0 Å². The number of hydrogen-bond acceptors (Lipinski definition) is 2. The molecule has 2 nitrogen and oxygen atoms in total. The number of aldehydes is 1. The minimum atomic E-state index is -1.37. The fraction of sp³-hybridized carbons (Fsp3) is 0.188. The quantitative estimate of drug-likeness (QED) is 0.468. The van der Waals surface area contributed by atoms with E-state index in [0.717, 1.165) is 11.1 Å². The van der Waals surface area contributed by atoms with E-state index in [4.69, 9.17) is 4.42 Å². The molecule has 0 radical (unpaired) electrons. The predicted molar refractivity (Wildman–Crippen MR) is 79.8 cm³/mol. The SMILES string of the molecule is C[Si](C)(C)C#Cc1cccc(-c2ccc(C=O)o2)c1. The Labute approximate surface area is 114 Å². The average Bonchev–Trinajstić information content (AvgIpc) is 2.85. The molecule has 19 heavy (non-hydrogen) atoms. The number of benzene rings is 1. The summed E-state index contributed by atoms with van der Waals surface area (Å²) in [4.78, 5) is 10.6. The summed E-state index contributed by atoms with van der Waals surface area (Å²) in [6.07, 6.45) is 0.707. The molecule has 0 aliphatic carbocycles. The van der Waals surface area contributed by atoms with Crippen LogP contribution in [0.4, 0.5) is 0 Å². The van der Waals surface area contributed by atoms with Gasteiger partial charge < -0.3 is 4.42 Å². The average molecular weight is 268 g/mol. The van der Waals surface area contributed by atoms with Gasteiger partial charge in [0, 0.05) is 11.1 Å². The van der Waals surface area contributed by atoms with E-state index in [2.05, 4.69) is 31.1 Å². The standard InChI is InChI=1S/C16H16O2Si/c1-19(2,3)10-9-13-5-4-6-14(11-13)16-8-7-15(12-17)18-16/h4-8,11-12H,1-3H3. The zero-order valence-corrected chi connectivity index (χ0v) is 12.4. The summed E-state index contributed by atoms with van der Waals surface area (Å²) in [7, 11) is -1.37. The van der Waals surface area contributed by atoms with Gasteiger partial charge in [-0.25, -0.2) is 0 Å². The van der Waals surface area contributed by atoms with Gasteiger partial charge in [-0.05, 0) is 24.3 Å². The largest absolute Gasteiger partial charge is 0.453 e. The van der Waals surface area contributed by atoms with Crippen LogP contribution in [0.25, 0.3) is 11.3 Å². The summed E-state index contributed by atoms with van der Waals surface area (Å²) in [6.45, 7) is 6.65. The van der Waals surface area contributed by atoms with Crippen molar-refractivity contribution in [3.05, 3.63) is 47.7 Å². The number of furan rings is 1. The molecule has 0 amide bonds. The third kappa shape index (κ3) is 3.70. The molecule has 0 unspecified atom stereocenters. The Morgan fingerprint density at radius 3 is 2.58 bits per heavy atom. The molecule has 0 atom stereocenters. The highest BCUT2D eigenvalue weighted by Crippen LogP contribution is 2.22. The third-order valence-electron chi connectivity index (χ3n) is 2.47. The maximum Gasteiger partial charge on any atom is 0.185 e. The van der Waals surface area contributed by atoms with Crippen LogP contribution < -0.4 is 0 Å². The normalized spacial score (nSPS) is 10.7. The van der Waals surface area contributed by atoms with Gasteiger partial charge in [-0.2, -0.15) is 0 Å². The van der Waals surface area contributed by atoms with Crippen LogP contribution in [0.15, 0.2) is 40.8 Å². The highest BCUT2D eigenvalue weighted by Gasteiger charge is 2.08. The zero-order valence-electron chi connectivity index (χ0n) is 11.4. The van der Waals surface area contributed by atoms with Crippen molar-refractivity contribution in [1.29, 1.82) is 0 Å². The summed E-state index contributed by atoms with van der Waals surface area (Å²) in [5.41, 5.74) is 5.25. The summed E-state index contributed by atoms with van der Waals surface area (Å²) >= 11 is 0. The molecular formula is C16H16O2Si. The Hall–Kier alpha value is -2.05. The smallest absolute Gasteiger partial charge is 0.185 e. The summed E-state index contributed by atoms with van der Waals surface area (Å²) in [5, 5.41) is 0. The number of rotatable bonds is 2. The summed E-state index contributed by atoms with van der Waals surface area (Å²) in [6, 6.07) is 11.3. The Morgan fingerprint density at radius 1 is 1.16 bits per heavy atom. The lowest BCUT2D eigenvalue weighted by Crippen LogP contribution is -2.16. The molecule has 0 aliphatic rings. The van der Waals surface area contributed by atoms with Crippen LogP contribution in [-0.4, -0.2) is 14.4 Å². The lowest BCUT2D eigenvalue weighted by molar-refractivity contribution is 0.110. The first-order valence-electron chi connectivity index (χ1n) is 6.16. The van der Waals surface area contributed by atoms with Crippen LogP contribution >= 0.6 is 0 Å². The van der Waals surface area contributed by atoms with Gasteiger partial charge in [0.25, 0.3) is 0 Å². The van der Waals surface area contributed by atoms with Crippen molar-refractivity contribution < 1.29 is 9.21 Å². The van der Waals surface area contributed by atoms with Gasteiger partial charge in [-0.1, -0.05) is 37.7 Å². The van der Waals surface area contributed by atoms with Crippen LogP contribution in [0.1, 0.15) is 16.1 Å². The molecular weight excluding hydrogens is 252 g/mol. The molecule has 0 aliphatic heterocycles. The fourth-order valence-corrected chi connectivity index (χ4v) is 2.10. The molecule has 1 aromatic heterocycles. The second-order valence-electron chi connectivity index (χ2n) is 5.40. The molecule has 3 heteroatoms. The zero-order chi connectivity index (χ0) is 13.9. The topological polar surface area (TPSA) is 30.2 Å². The van der Waals surface area contributed by atoms with Crippen molar-refractivity contribution in [3.63, 3.8) is 0 Å². The minimum Gasteiger partial charge on any atom is -0.453 e. The molecule has 96 valence electrons. The van der Waals surface area contributed by atoms with Crippen molar-refractivity contribution in [3.8, 4) is 22.8 Å². The van der Waals surface area contributed by atoms with E-state index in [9.17, 15) is 4.79 Å². The van der Waals surface area contributed by atoms with Gasteiger partial charge in [0.1, 0.15) is 13.8 Å². The monoisotopic (exact) mass is 268 g/mol. The van der Waals surface area contributed by atoms with Crippen LogP contribution in [0.3, 0.4) is 0 Å². The molecule has 1 aromatic carbocycles. The van der Waals surface area contributed by atoms with Gasteiger partial charge in [0.2, 0.25) is 0 Å². The highest BCUT2D eigenvalue weighted by atomic mass is 28.3. The molecule has 0 bridgehead atoms. The lowest BCUT2D eigenvalue weighted by Gasteiger charge is -2.03. The predicted octanol–water partition coefficient (Wildman–Crippen LogP) is 3.99. The van der Waals surface area contributed by atoms with Gasteiger partial charge in [-0.3, -0.25) is 4.79 Å². The molecule has 2 aromatic rings. The van der Waals surface area contributed by atoms with Crippen LogP contribution in [0.2, 0.25) is 19.6 Å². The minimum absolute atomic E-state index is 0.341. The Balaban J connectivity index is 2.33. The van der Waals surface area contributed by atoms with E-state index in [1.54, 1.807) is 12.1 Å². The van der Waals surface area contributed by atoms with E-state index < -0.39 is 8.07 Å². The van der Waals surface area contributed by atoms with E-state index in [0.29, 0.717) is 17.8 Å². The summed E-state index contributed by atoms with van der Waals surface area (Å²) in [5.74, 6) is 4.25. The first kappa shape index (κ1) is 13.4. The molecule has 2 rings (SSSR count). The second kappa shape index (κ2) is 5.29. The number of hydrogen-bond donors (Lipinski definition) is 0. The first-order valence-corrected chi connectivity index (χ1v) is 9.66. The highest BCUT2D eigenvalue weighted by molar-refractivity contribution is 6.83. The van der Waals surface area contributed by atoms with Crippen molar-refractivity contribution in [1.82, 2.24) is 0 Å². The lowest BCUT2D eigenvalue weighted by atomic mass is 10.1. The number of carbonyl (C=O) groups is 1. The van der Waals surface area contributed by atoms with Gasteiger partial charge in [0.05, 0.1) is 0 Å². The molecule has 0 saturated carbocycles. The van der Waals surface area contributed by atoms with Gasteiger partial charge in [-0.15, -0.1) is 5.54 Å². The van der Waals surface area contributed by atoms with Crippen molar-refractivity contribution in [2.75, 3.05) is 0 Å². The molecule has 0 spiro atoms. The van der Waals surface area contributed by atoms with Crippen LogP contribution in [0.5, 0.6) is 0 Å². The van der Waals surface area contributed by atoms with Gasteiger partial charge in [0.15, 0.2) is 12.0 Å². The van der Waals surface area contributed by atoms with Crippen LogP contribution in [0, 0.1) is 11.5 Å². The second-order valence-corrected chi connectivity index (χ2v) is 10.2. The summed E-state index contributed by atoms with van der Waals surface area (Å²) < 4.78 is 5.41.